The lowest BCUT2D eigenvalue weighted by Gasteiger charge is -2.18. The van der Waals surface area contributed by atoms with Gasteiger partial charge < -0.3 is 5.11 Å². The molecule has 0 saturated heterocycles. The van der Waals surface area contributed by atoms with E-state index in [4.69, 9.17) is 5.11 Å². The molecular formula is C10H12BrNO2. The molecule has 1 aromatic heterocycles. The first kappa shape index (κ1) is 11.2. The van der Waals surface area contributed by atoms with Gasteiger partial charge in [0.05, 0.1) is 0 Å². The molecule has 0 atom stereocenters. The molecule has 0 radical (unpaired) electrons. The maximum atomic E-state index is 10.7. The Morgan fingerprint density at radius 2 is 2.00 bits per heavy atom. The monoisotopic (exact) mass is 257 g/mol. The molecule has 1 aromatic rings. The van der Waals surface area contributed by atoms with E-state index in [1.54, 1.807) is 0 Å². The Labute approximate surface area is 91.3 Å². The topological polar surface area (TPSA) is 50.2 Å². The molecule has 3 nitrogen and oxygen atoms in total. The Hall–Kier alpha value is -0.900. The van der Waals surface area contributed by atoms with Crippen LogP contribution in [0.3, 0.4) is 0 Å². The maximum Gasteiger partial charge on any atom is 0.354 e. The molecule has 76 valence electrons. The lowest BCUT2D eigenvalue weighted by molar-refractivity contribution is 0.0690. The number of pyridine rings is 1. The molecule has 0 saturated carbocycles. The number of nitrogens with zero attached hydrogens (tertiary/aromatic N) is 1. The summed E-state index contributed by atoms with van der Waals surface area (Å²) in [6, 6.07) is 3.34. The van der Waals surface area contributed by atoms with Crippen LogP contribution in [0, 0.1) is 0 Å². The summed E-state index contributed by atoms with van der Waals surface area (Å²) in [5.74, 6) is -1.00. The molecule has 0 unspecified atom stereocenters. The van der Waals surface area contributed by atoms with E-state index in [1.165, 1.54) is 6.07 Å². The van der Waals surface area contributed by atoms with E-state index in [2.05, 4.69) is 20.9 Å². The van der Waals surface area contributed by atoms with Crippen molar-refractivity contribution in [3.05, 3.63) is 28.0 Å². The fourth-order valence-electron chi connectivity index (χ4n) is 0.991. The largest absolute Gasteiger partial charge is 0.477 e. The minimum absolute atomic E-state index is 0.0734. The predicted octanol–water partition coefficient (Wildman–Crippen LogP) is 2.84. The highest BCUT2D eigenvalue weighted by Gasteiger charge is 2.18. The van der Waals surface area contributed by atoms with Crippen molar-refractivity contribution in [3.63, 3.8) is 0 Å². The van der Waals surface area contributed by atoms with Gasteiger partial charge in [0.2, 0.25) is 0 Å². The lowest BCUT2D eigenvalue weighted by atomic mass is 9.91. The normalized spacial score (nSPS) is 11.4. The average Bonchev–Trinajstić information content (AvgIpc) is 2.01. The number of aromatic nitrogens is 1. The van der Waals surface area contributed by atoms with Crippen molar-refractivity contribution >= 4 is 21.9 Å². The van der Waals surface area contributed by atoms with Crippen LogP contribution < -0.4 is 0 Å². The van der Waals surface area contributed by atoms with Gasteiger partial charge in [0.1, 0.15) is 5.69 Å². The highest BCUT2D eigenvalue weighted by Crippen LogP contribution is 2.23. The minimum atomic E-state index is -1.00. The summed E-state index contributed by atoms with van der Waals surface area (Å²) in [6.45, 7) is 5.98. The standard InChI is InChI=1S/C10H12BrNO2/c1-10(2,3)8-5-6(11)4-7(12-8)9(13)14/h4-5H,1-3H3,(H,13,14). The van der Waals surface area contributed by atoms with Gasteiger partial charge in [0.15, 0.2) is 0 Å². The molecule has 1 rings (SSSR count). The summed E-state index contributed by atoms with van der Waals surface area (Å²) < 4.78 is 0.745. The molecule has 0 aromatic carbocycles. The molecular weight excluding hydrogens is 246 g/mol. The third kappa shape index (κ3) is 2.54. The van der Waals surface area contributed by atoms with Crippen LogP contribution in [0.25, 0.3) is 0 Å². The first-order chi connectivity index (χ1) is 6.30. The Morgan fingerprint density at radius 3 is 2.43 bits per heavy atom. The van der Waals surface area contributed by atoms with Gasteiger partial charge in [0.25, 0.3) is 0 Å². The van der Waals surface area contributed by atoms with Gasteiger partial charge in [-0.25, -0.2) is 9.78 Å². The molecule has 14 heavy (non-hydrogen) atoms. The molecule has 0 spiro atoms. The van der Waals surface area contributed by atoms with Crippen molar-refractivity contribution in [1.82, 2.24) is 4.98 Å². The number of carbonyl (C=O) groups is 1. The summed E-state index contributed by atoms with van der Waals surface area (Å²) in [5.41, 5.74) is 0.696. The molecule has 4 heteroatoms. The Bertz CT molecular complexity index is 369. The zero-order chi connectivity index (χ0) is 10.9. The first-order valence-corrected chi connectivity index (χ1v) is 5.01. The second kappa shape index (κ2) is 3.69. The highest BCUT2D eigenvalue weighted by atomic mass is 79.9. The van der Waals surface area contributed by atoms with E-state index in [9.17, 15) is 4.79 Å². The molecule has 0 aliphatic rings. The van der Waals surface area contributed by atoms with Crippen LogP contribution in [-0.4, -0.2) is 16.1 Å². The quantitative estimate of drug-likeness (QED) is 0.842. The minimum Gasteiger partial charge on any atom is -0.477 e. The first-order valence-electron chi connectivity index (χ1n) is 4.22. The number of hydrogen-bond donors (Lipinski definition) is 1. The summed E-state index contributed by atoms with van der Waals surface area (Å²) in [6.07, 6.45) is 0. The van der Waals surface area contributed by atoms with E-state index >= 15 is 0 Å². The SMILES string of the molecule is CC(C)(C)c1cc(Br)cc(C(=O)O)n1. The van der Waals surface area contributed by atoms with Gasteiger partial charge in [-0.1, -0.05) is 36.7 Å². The zero-order valence-corrected chi connectivity index (χ0v) is 9.92. The van der Waals surface area contributed by atoms with Crippen LogP contribution in [0.5, 0.6) is 0 Å². The molecule has 0 amide bonds. The maximum absolute atomic E-state index is 10.7. The van der Waals surface area contributed by atoms with Gasteiger partial charge in [-0.3, -0.25) is 0 Å². The van der Waals surface area contributed by atoms with Crippen molar-refractivity contribution in [2.45, 2.75) is 26.2 Å². The number of carboxylic acid groups (broad SMARTS) is 1. The van der Waals surface area contributed by atoms with Crippen LogP contribution in [0.4, 0.5) is 0 Å². The van der Waals surface area contributed by atoms with Crippen molar-refractivity contribution in [1.29, 1.82) is 0 Å². The fraction of sp³-hybridized carbons (Fsp3) is 0.400. The molecule has 0 fully saturated rings. The Balaban J connectivity index is 3.28. The predicted molar refractivity (Wildman–Crippen MR) is 57.6 cm³/mol. The van der Waals surface area contributed by atoms with Crippen LogP contribution >= 0.6 is 15.9 Å². The number of rotatable bonds is 1. The van der Waals surface area contributed by atoms with Crippen LogP contribution in [-0.2, 0) is 5.41 Å². The smallest absolute Gasteiger partial charge is 0.354 e. The highest BCUT2D eigenvalue weighted by molar-refractivity contribution is 9.10. The molecule has 0 bridgehead atoms. The molecule has 1 heterocycles. The number of carboxylic acids is 1. The van der Waals surface area contributed by atoms with Gasteiger partial charge in [-0.05, 0) is 12.1 Å². The van der Waals surface area contributed by atoms with Gasteiger partial charge in [-0.15, -0.1) is 0 Å². The lowest BCUT2D eigenvalue weighted by Crippen LogP contribution is -2.15. The van der Waals surface area contributed by atoms with E-state index in [1.807, 2.05) is 26.8 Å². The summed E-state index contributed by atoms with van der Waals surface area (Å²) in [7, 11) is 0. The van der Waals surface area contributed by atoms with Crippen molar-refractivity contribution in [3.8, 4) is 0 Å². The number of aromatic carboxylic acids is 1. The van der Waals surface area contributed by atoms with Crippen molar-refractivity contribution < 1.29 is 9.90 Å². The third-order valence-electron chi connectivity index (χ3n) is 1.78. The number of halogens is 1. The van der Waals surface area contributed by atoms with Gasteiger partial charge >= 0.3 is 5.97 Å². The second-order valence-electron chi connectivity index (χ2n) is 4.11. The number of hydrogen-bond acceptors (Lipinski definition) is 2. The Morgan fingerprint density at radius 1 is 1.43 bits per heavy atom. The van der Waals surface area contributed by atoms with Crippen LogP contribution in [0.2, 0.25) is 0 Å². The van der Waals surface area contributed by atoms with Crippen LogP contribution in [0.15, 0.2) is 16.6 Å². The molecule has 0 aliphatic carbocycles. The van der Waals surface area contributed by atoms with E-state index in [0.717, 1.165) is 10.2 Å². The van der Waals surface area contributed by atoms with Gasteiger partial charge in [-0.2, -0.15) is 0 Å². The Kier molecular flexibility index (Phi) is 2.95. The van der Waals surface area contributed by atoms with Gasteiger partial charge in [0, 0.05) is 15.6 Å². The van der Waals surface area contributed by atoms with E-state index < -0.39 is 5.97 Å². The third-order valence-corrected chi connectivity index (χ3v) is 2.24. The summed E-state index contributed by atoms with van der Waals surface area (Å²) in [5, 5.41) is 8.82. The van der Waals surface area contributed by atoms with E-state index in [0.29, 0.717) is 0 Å². The molecule has 1 N–H and O–H groups in total. The fourth-order valence-corrected chi connectivity index (χ4v) is 1.42. The summed E-state index contributed by atoms with van der Waals surface area (Å²) in [4.78, 5) is 14.8. The van der Waals surface area contributed by atoms with Crippen LogP contribution in [0.1, 0.15) is 37.0 Å². The summed E-state index contributed by atoms with van der Waals surface area (Å²) >= 11 is 3.27. The zero-order valence-electron chi connectivity index (χ0n) is 8.34. The van der Waals surface area contributed by atoms with Crippen molar-refractivity contribution in [2.75, 3.05) is 0 Å². The molecule has 0 aliphatic heterocycles. The van der Waals surface area contributed by atoms with E-state index in [-0.39, 0.29) is 11.1 Å². The van der Waals surface area contributed by atoms with Crippen molar-refractivity contribution in [2.24, 2.45) is 0 Å². The second-order valence-corrected chi connectivity index (χ2v) is 5.03. The average molecular weight is 258 g/mol.